The number of nitrogens with one attached hydrogen (secondary N) is 2. The first-order valence-corrected chi connectivity index (χ1v) is 9.00. The molecule has 6 nitrogen and oxygen atoms in total. The van der Waals surface area contributed by atoms with Gasteiger partial charge in [-0.1, -0.05) is 18.2 Å². The quantitative estimate of drug-likeness (QED) is 0.356. The van der Waals surface area contributed by atoms with Crippen molar-refractivity contribution in [3.8, 4) is 0 Å². The Kier molecular flexibility index (Phi) is 7.95. The van der Waals surface area contributed by atoms with Crippen molar-refractivity contribution >= 4 is 51.3 Å². The van der Waals surface area contributed by atoms with Crippen LogP contribution in [-0.4, -0.2) is 21.4 Å². The summed E-state index contributed by atoms with van der Waals surface area (Å²) in [4.78, 5) is 5.47. The molecule has 0 amide bonds. The van der Waals surface area contributed by atoms with Crippen LogP contribution in [0, 0.1) is 0 Å². The van der Waals surface area contributed by atoms with E-state index in [-0.39, 0.29) is 28.9 Å². The highest BCUT2D eigenvalue weighted by Gasteiger charge is 2.06. The van der Waals surface area contributed by atoms with Gasteiger partial charge in [-0.05, 0) is 29.1 Å². The summed E-state index contributed by atoms with van der Waals surface area (Å²) >= 11 is 1.68. The monoisotopic (exact) mass is 466 g/mol. The van der Waals surface area contributed by atoms with Gasteiger partial charge in [0.2, 0.25) is 10.0 Å². The molecule has 4 N–H and O–H groups in total. The molecule has 0 saturated carbocycles. The molecule has 0 atom stereocenters. The van der Waals surface area contributed by atoms with Crippen LogP contribution in [0.15, 0.2) is 51.7 Å². The van der Waals surface area contributed by atoms with Crippen molar-refractivity contribution in [1.29, 1.82) is 0 Å². The van der Waals surface area contributed by atoms with E-state index in [0.717, 1.165) is 5.56 Å². The van der Waals surface area contributed by atoms with Gasteiger partial charge < -0.3 is 10.6 Å². The molecule has 1 heterocycles. The van der Waals surface area contributed by atoms with Crippen molar-refractivity contribution in [3.05, 3.63) is 52.2 Å². The number of primary sulfonamides is 1. The first-order chi connectivity index (χ1) is 10.5. The zero-order valence-electron chi connectivity index (χ0n) is 12.5. The zero-order chi connectivity index (χ0) is 16.0. The molecule has 9 heteroatoms. The van der Waals surface area contributed by atoms with Crippen molar-refractivity contribution in [2.75, 3.05) is 7.05 Å². The normalized spacial score (nSPS) is 11.7. The molecule has 0 radical (unpaired) electrons. The molecule has 23 heavy (non-hydrogen) atoms. The fourth-order valence-corrected chi connectivity index (χ4v) is 2.95. The summed E-state index contributed by atoms with van der Waals surface area (Å²) in [6, 6.07) is 10.5. The van der Waals surface area contributed by atoms with Crippen LogP contribution >= 0.6 is 35.3 Å². The second kappa shape index (κ2) is 9.21. The first-order valence-electron chi connectivity index (χ1n) is 6.57. The third-order valence-electron chi connectivity index (χ3n) is 2.95. The molecule has 0 spiro atoms. The Morgan fingerprint density at radius 2 is 1.83 bits per heavy atom. The molecule has 0 fully saturated rings. The van der Waals surface area contributed by atoms with Gasteiger partial charge in [-0.3, -0.25) is 4.99 Å². The number of hydrogen-bond donors (Lipinski definition) is 3. The number of thiophene rings is 1. The number of rotatable bonds is 5. The number of halogens is 1. The van der Waals surface area contributed by atoms with Crippen molar-refractivity contribution in [2.45, 2.75) is 18.0 Å². The van der Waals surface area contributed by atoms with Crippen LogP contribution in [0.4, 0.5) is 0 Å². The molecule has 1 aromatic carbocycles. The Hall–Kier alpha value is -1.17. The minimum Gasteiger partial charge on any atom is -0.352 e. The predicted molar refractivity (Wildman–Crippen MR) is 105 cm³/mol. The number of benzene rings is 1. The molecule has 0 bridgehead atoms. The molecule has 0 unspecified atom stereocenters. The molecule has 2 aromatic rings. The molecular weight excluding hydrogens is 447 g/mol. The van der Waals surface area contributed by atoms with Crippen molar-refractivity contribution in [3.63, 3.8) is 0 Å². The molecule has 0 aliphatic rings. The lowest BCUT2D eigenvalue weighted by Crippen LogP contribution is -2.36. The van der Waals surface area contributed by atoms with Crippen LogP contribution in [0.25, 0.3) is 0 Å². The lowest BCUT2D eigenvalue weighted by atomic mass is 10.2. The van der Waals surface area contributed by atoms with E-state index in [1.807, 2.05) is 11.4 Å². The van der Waals surface area contributed by atoms with E-state index < -0.39 is 10.0 Å². The number of nitrogens with zero attached hydrogens (tertiary/aromatic N) is 1. The second-order valence-electron chi connectivity index (χ2n) is 4.55. The summed E-state index contributed by atoms with van der Waals surface area (Å²) in [6.07, 6.45) is 0. The average molecular weight is 466 g/mol. The van der Waals surface area contributed by atoms with E-state index in [1.54, 1.807) is 30.5 Å². The third kappa shape index (κ3) is 6.45. The third-order valence-corrected chi connectivity index (χ3v) is 4.75. The maximum Gasteiger partial charge on any atom is 0.238 e. The van der Waals surface area contributed by atoms with E-state index in [9.17, 15) is 8.42 Å². The number of nitrogens with two attached hydrogens (primary N) is 1. The molecule has 0 aliphatic carbocycles. The molecule has 126 valence electrons. The lowest BCUT2D eigenvalue weighted by molar-refractivity contribution is 0.597. The SMILES string of the molecule is CN=C(NCc1ccc(S(N)(=O)=O)cc1)NCc1cccs1.I. The second-order valence-corrected chi connectivity index (χ2v) is 7.14. The summed E-state index contributed by atoms with van der Waals surface area (Å²) in [5.41, 5.74) is 0.937. The standard InChI is InChI=1S/C14H18N4O2S2.HI/c1-16-14(18-10-12-3-2-8-21-12)17-9-11-4-6-13(7-5-11)22(15,19)20;/h2-8H,9-10H2,1H3,(H2,15,19,20)(H2,16,17,18);1H. The highest BCUT2D eigenvalue weighted by atomic mass is 127. The van der Waals surface area contributed by atoms with Crippen molar-refractivity contribution in [2.24, 2.45) is 10.1 Å². The molecule has 0 aliphatic heterocycles. The van der Waals surface area contributed by atoms with Gasteiger partial charge in [0.25, 0.3) is 0 Å². The highest BCUT2D eigenvalue weighted by Crippen LogP contribution is 2.09. The smallest absolute Gasteiger partial charge is 0.238 e. The maximum absolute atomic E-state index is 11.2. The van der Waals surface area contributed by atoms with Crippen molar-refractivity contribution in [1.82, 2.24) is 10.6 Å². The number of aliphatic imine (C=N–C) groups is 1. The van der Waals surface area contributed by atoms with E-state index in [1.165, 1.54) is 17.0 Å². The fraction of sp³-hybridized carbons (Fsp3) is 0.214. The molecule has 1 aromatic heterocycles. The number of sulfonamides is 1. The van der Waals surface area contributed by atoms with Crippen LogP contribution in [0.3, 0.4) is 0 Å². The summed E-state index contributed by atoms with van der Waals surface area (Å²) < 4.78 is 22.4. The van der Waals surface area contributed by atoms with Gasteiger partial charge in [-0.25, -0.2) is 13.6 Å². The van der Waals surface area contributed by atoms with Crippen LogP contribution < -0.4 is 15.8 Å². The summed E-state index contributed by atoms with van der Waals surface area (Å²) in [5, 5.41) is 13.5. The minimum atomic E-state index is -3.64. The summed E-state index contributed by atoms with van der Waals surface area (Å²) in [7, 11) is -1.94. The summed E-state index contributed by atoms with van der Waals surface area (Å²) in [6.45, 7) is 1.25. The summed E-state index contributed by atoms with van der Waals surface area (Å²) in [5.74, 6) is 0.684. The van der Waals surface area contributed by atoms with Gasteiger partial charge in [-0.15, -0.1) is 35.3 Å². The lowest BCUT2D eigenvalue weighted by Gasteiger charge is -2.11. The first kappa shape index (κ1) is 19.9. The predicted octanol–water partition coefficient (Wildman–Crippen LogP) is 1.88. The number of hydrogen-bond acceptors (Lipinski definition) is 4. The van der Waals surface area contributed by atoms with Gasteiger partial charge in [0.05, 0.1) is 11.4 Å². The Labute approximate surface area is 157 Å². The van der Waals surface area contributed by atoms with Crippen molar-refractivity contribution < 1.29 is 8.42 Å². The Balaban J connectivity index is 0.00000264. The fourth-order valence-electron chi connectivity index (χ4n) is 1.79. The minimum absolute atomic E-state index is 0. The number of guanidine groups is 1. The van der Waals surface area contributed by atoms with Gasteiger partial charge in [0.15, 0.2) is 5.96 Å². The van der Waals surface area contributed by atoms with Gasteiger partial charge in [0, 0.05) is 18.5 Å². The Morgan fingerprint density at radius 1 is 1.17 bits per heavy atom. The van der Waals surface area contributed by atoms with Gasteiger partial charge in [0.1, 0.15) is 0 Å². The van der Waals surface area contributed by atoms with Gasteiger partial charge >= 0.3 is 0 Å². The molecule has 2 rings (SSSR count). The topological polar surface area (TPSA) is 96.6 Å². The van der Waals surface area contributed by atoms with E-state index >= 15 is 0 Å². The average Bonchev–Trinajstić information content (AvgIpc) is 3.00. The van der Waals surface area contributed by atoms with Crippen LogP contribution in [0.5, 0.6) is 0 Å². The Morgan fingerprint density at radius 3 is 2.35 bits per heavy atom. The van der Waals surface area contributed by atoms with E-state index in [2.05, 4.69) is 21.7 Å². The van der Waals surface area contributed by atoms with E-state index in [4.69, 9.17) is 5.14 Å². The molecule has 0 saturated heterocycles. The zero-order valence-corrected chi connectivity index (χ0v) is 16.5. The highest BCUT2D eigenvalue weighted by molar-refractivity contribution is 14.0. The van der Waals surface area contributed by atoms with Crippen LogP contribution in [0.2, 0.25) is 0 Å². The van der Waals surface area contributed by atoms with Crippen LogP contribution in [-0.2, 0) is 23.1 Å². The van der Waals surface area contributed by atoms with E-state index in [0.29, 0.717) is 19.0 Å². The van der Waals surface area contributed by atoms with Crippen LogP contribution in [0.1, 0.15) is 10.4 Å². The Bertz CT molecular complexity index is 729. The molecular formula is C14H19IN4O2S2. The largest absolute Gasteiger partial charge is 0.352 e. The van der Waals surface area contributed by atoms with Gasteiger partial charge in [-0.2, -0.15) is 0 Å². The maximum atomic E-state index is 11.2.